The van der Waals surface area contributed by atoms with Gasteiger partial charge in [-0.25, -0.2) is 14.8 Å². The number of benzene rings is 4. The lowest BCUT2D eigenvalue weighted by Gasteiger charge is -2.21. The van der Waals surface area contributed by atoms with Crippen molar-refractivity contribution in [3.8, 4) is 22.6 Å². The molecule has 0 saturated heterocycles. The first kappa shape index (κ1) is 32.6. The summed E-state index contributed by atoms with van der Waals surface area (Å²) in [7, 11) is 0. The van der Waals surface area contributed by atoms with Gasteiger partial charge in [0.2, 0.25) is 0 Å². The van der Waals surface area contributed by atoms with E-state index in [9.17, 15) is 4.79 Å². The average Bonchev–Trinajstić information content (AvgIpc) is 3.13. The molecule has 0 unspecified atom stereocenters. The summed E-state index contributed by atoms with van der Waals surface area (Å²) in [4.78, 5) is 24.0. The smallest absolute Gasteiger partial charge is 0.342 e. The van der Waals surface area contributed by atoms with Crippen molar-refractivity contribution < 1.29 is 14.3 Å². The van der Waals surface area contributed by atoms with E-state index >= 15 is 0 Å². The Hall–Kier alpha value is -4.32. The summed E-state index contributed by atoms with van der Waals surface area (Å²) in [5.41, 5.74) is 5.26. The minimum absolute atomic E-state index is 0.0805. The summed E-state index contributed by atoms with van der Waals surface area (Å²) in [6.45, 7) is 1.03. The van der Waals surface area contributed by atoms with Gasteiger partial charge in [0.25, 0.3) is 0 Å². The second-order valence-electron chi connectivity index (χ2n) is 12.2. The van der Waals surface area contributed by atoms with E-state index in [-0.39, 0.29) is 19.1 Å². The molecule has 0 N–H and O–H groups in total. The molecule has 6 rings (SSSR count). The monoisotopic (exact) mass is 644 g/mol. The molecular weight excluding hydrogens is 604 g/mol. The molecule has 1 aliphatic rings. The van der Waals surface area contributed by atoms with Crippen molar-refractivity contribution in [3.05, 3.63) is 143 Å². The van der Waals surface area contributed by atoms with Gasteiger partial charge in [0.1, 0.15) is 5.56 Å². The highest BCUT2D eigenvalue weighted by Crippen LogP contribution is 2.32. The number of nitrogens with zero attached hydrogens (tertiary/aromatic N) is 2. The second kappa shape index (κ2) is 16.5. The van der Waals surface area contributed by atoms with Gasteiger partial charge in [-0.05, 0) is 42.0 Å². The zero-order chi connectivity index (χ0) is 32.3. The third kappa shape index (κ3) is 8.73. The third-order valence-electron chi connectivity index (χ3n) is 9.00. The van der Waals surface area contributed by atoms with E-state index < -0.39 is 5.97 Å². The molecule has 5 aromatic rings. The lowest BCUT2D eigenvalue weighted by Crippen LogP contribution is -2.17. The van der Waals surface area contributed by atoms with Crippen LogP contribution in [0.25, 0.3) is 22.6 Å². The van der Waals surface area contributed by atoms with E-state index in [0.29, 0.717) is 46.7 Å². The number of ether oxygens (including phenoxy) is 2. The Balaban J connectivity index is 1.30. The summed E-state index contributed by atoms with van der Waals surface area (Å²) >= 11 is 6.45. The molecule has 0 bridgehead atoms. The standard InChI is InChI=1S/C41H41ClN2O3/c42-35-23-13-22-34(28-35)39-38(41(45)47-27-25-36(31-16-7-2-8-17-31)32-18-9-3-10-19-32)37(29-46-26-24-30-14-5-1-6-15-30)43-40(44-39)33-20-11-4-12-21-33/h2-4,7-13,16-23,28,30,36H,1,5-6,14-15,24-27,29H2. The lowest BCUT2D eigenvalue weighted by molar-refractivity contribution is 0.0485. The zero-order valence-electron chi connectivity index (χ0n) is 26.7. The third-order valence-corrected chi connectivity index (χ3v) is 9.23. The second-order valence-corrected chi connectivity index (χ2v) is 12.7. The fourth-order valence-corrected chi connectivity index (χ4v) is 6.71. The first-order valence-electron chi connectivity index (χ1n) is 16.7. The van der Waals surface area contributed by atoms with Crippen LogP contribution in [0.1, 0.15) is 78.0 Å². The van der Waals surface area contributed by atoms with Crippen molar-refractivity contribution in [1.29, 1.82) is 0 Å². The molecule has 0 radical (unpaired) electrons. The van der Waals surface area contributed by atoms with Crippen LogP contribution in [0.5, 0.6) is 0 Å². The molecule has 0 aliphatic heterocycles. The van der Waals surface area contributed by atoms with Crippen molar-refractivity contribution in [1.82, 2.24) is 9.97 Å². The summed E-state index contributed by atoms with van der Waals surface area (Å²) in [6, 6.07) is 37.9. The fourth-order valence-electron chi connectivity index (χ4n) is 6.52. The van der Waals surface area contributed by atoms with Gasteiger partial charge in [-0.1, -0.05) is 147 Å². The molecule has 1 heterocycles. The van der Waals surface area contributed by atoms with Crippen LogP contribution in [0.15, 0.2) is 115 Å². The van der Waals surface area contributed by atoms with E-state index in [4.69, 9.17) is 31.0 Å². The molecular formula is C41H41ClN2O3. The first-order chi connectivity index (χ1) is 23.2. The topological polar surface area (TPSA) is 61.3 Å². The number of aromatic nitrogens is 2. The van der Waals surface area contributed by atoms with Crippen LogP contribution in [-0.4, -0.2) is 29.2 Å². The Labute approximate surface area is 283 Å². The highest BCUT2D eigenvalue weighted by molar-refractivity contribution is 6.30. The van der Waals surface area contributed by atoms with Gasteiger partial charge in [-0.15, -0.1) is 0 Å². The van der Waals surface area contributed by atoms with Crippen molar-refractivity contribution in [3.63, 3.8) is 0 Å². The number of carbonyl (C=O) groups is 1. The van der Waals surface area contributed by atoms with Crippen molar-refractivity contribution in [2.24, 2.45) is 5.92 Å². The van der Waals surface area contributed by atoms with Gasteiger partial charge < -0.3 is 9.47 Å². The van der Waals surface area contributed by atoms with E-state index in [1.807, 2.05) is 91.0 Å². The van der Waals surface area contributed by atoms with Crippen LogP contribution in [0.4, 0.5) is 0 Å². The van der Waals surface area contributed by atoms with Gasteiger partial charge in [-0.2, -0.15) is 0 Å². The van der Waals surface area contributed by atoms with Crippen molar-refractivity contribution in [2.75, 3.05) is 13.2 Å². The minimum atomic E-state index is -0.467. The molecule has 1 saturated carbocycles. The normalized spacial score (nSPS) is 13.5. The molecule has 240 valence electrons. The highest BCUT2D eigenvalue weighted by Gasteiger charge is 2.25. The van der Waals surface area contributed by atoms with Gasteiger partial charge in [-0.3, -0.25) is 0 Å². The molecule has 6 heteroatoms. The summed E-state index contributed by atoms with van der Waals surface area (Å²) < 4.78 is 12.3. The SMILES string of the molecule is O=C(OCCC(c1ccccc1)c1ccccc1)c1c(COCCC2CCCCC2)nc(-c2ccccc2)nc1-c1cccc(Cl)c1. The number of hydrogen-bond donors (Lipinski definition) is 0. The van der Waals surface area contributed by atoms with Crippen LogP contribution in [0.3, 0.4) is 0 Å². The largest absolute Gasteiger partial charge is 0.462 e. The van der Waals surface area contributed by atoms with Crippen LogP contribution in [0.2, 0.25) is 5.02 Å². The van der Waals surface area contributed by atoms with Gasteiger partial charge in [0, 0.05) is 28.7 Å². The van der Waals surface area contributed by atoms with Gasteiger partial charge in [0.15, 0.2) is 5.82 Å². The molecule has 0 atom stereocenters. The van der Waals surface area contributed by atoms with Crippen molar-refractivity contribution in [2.45, 2.75) is 57.5 Å². The molecule has 0 spiro atoms. The van der Waals surface area contributed by atoms with E-state index in [1.165, 1.54) is 43.2 Å². The number of esters is 1. The van der Waals surface area contributed by atoms with Crippen molar-refractivity contribution >= 4 is 17.6 Å². The summed E-state index contributed by atoms with van der Waals surface area (Å²) in [5, 5.41) is 0.556. The molecule has 0 amide bonds. The number of hydrogen-bond acceptors (Lipinski definition) is 5. The van der Waals surface area contributed by atoms with Gasteiger partial charge in [0.05, 0.1) is 24.6 Å². The van der Waals surface area contributed by atoms with Crippen LogP contribution in [-0.2, 0) is 16.1 Å². The maximum atomic E-state index is 14.1. The van der Waals surface area contributed by atoms with E-state index in [2.05, 4.69) is 24.3 Å². The Morgan fingerprint density at radius 3 is 2.04 bits per heavy atom. The maximum Gasteiger partial charge on any atom is 0.342 e. The number of carbonyl (C=O) groups excluding carboxylic acids is 1. The van der Waals surface area contributed by atoms with E-state index in [0.717, 1.165) is 17.5 Å². The Kier molecular flexibility index (Phi) is 11.4. The van der Waals surface area contributed by atoms with Gasteiger partial charge >= 0.3 is 5.97 Å². The molecule has 4 aromatic carbocycles. The summed E-state index contributed by atoms with van der Waals surface area (Å²) in [5.74, 6) is 0.834. The molecule has 47 heavy (non-hydrogen) atoms. The van der Waals surface area contributed by atoms with Crippen LogP contribution in [0, 0.1) is 5.92 Å². The molecule has 5 nitrogen and oxygen atoms in total. The Bertz CT molecular complexity index is 1690. The molecule has 1 aromatic heterocycles. The lowest BCUT2D eigenvalue weighted by atomic mass is 9.87. The number of halogens is 1. The Morgan fingerprint density at radius 1 is 0.745 bits per heavy atom. The maximum absolute atomic E-state index is 14.1. The number of rotatable bonds is 13. The van der Waals surface area contributed by atoms with Crippen LogP contribution < -0.4 is 0 Å². The average molecular weight is 645 g/mol. The minimum Gasteiger partial charge on any atom is -0.462 e. The molecule has 1 fully saturated rings. The quantitative estimate of drug-likeness (QED) is 0.0942. The highest BCUT2D eigenvalue weighted by atomic mass is 35.5. The van der Waals surface area contributed by atoms with E-state index in [1.54, 1.807) is 0 Å². The first-order valence-corrected chi connectivity index (χ1v) is 17.1. The zero-order valence-corrected chi connectivity index (χ0v) is 27.4. The predicted molar refractivity (Wildman–Crippen MR) is 188 cm³/mol. The molecule has 1 aliphatic carbocycles. The van der Waals surface area contributed by atoms with Crippen LogP contribution >= 0.6 is 11.6 Å². The predicted octanol–water partition coefficient (Wildman–Crippen LogP) is 10.3. The fraction of sp³-hybridized carbons (Fsp3) is 0.293. The Morgan fingerprint density at radius 2 is 1.38 bits per heavy atom. The summed E-state index contributed by atoms with van der Waals surface area (Å²) in [6.07, 6.45) is 8.09.